The van der Waals surface area contributed by atoms with E-state index in [1.165, 1.54) is 55.6 Å². The Kier molecular flexibility index (Phi) is 8.98. The van der Waals surface area contributed by atoms with Gasteiger partial charge in [0.05, 0.1) is 5.69 Å². The van der Waals surface area contributed by atoms with Crippen LogP contribution < -0.4 is 4.90 Å². The Balaban J connectivity index is 1.06. The van der Waals surface area contributed by atoms with Gasteiger partial charge in [-0.25, -0.2) is 0 Å². The molecule has 0 N–H and O–H groups in total. The van der Waals surface area contributed by atoms with Gasteiger partial charge in [0.1, 0.15) is 11.2 Å². The molecular weight excluding hydrogens is 775 g/mol. The minimum absolute atomic E-state index is 0.293. The van der Waals surface area contributed by atoms with E-state index in [0.29, 0.717) is 0 Å². The molecule has 0 saturated heterocycles. The number of furan rings is 1. The Labute approximate surface area is 374 Å². The number of nitrogens with zero attached hydrogens (tertiary/aromatic N) is 1. The predicted molar refractivity (Wildman–Crippen MR) is 268 cm³/mol. The predicted octanol–water partition coefficient (Wildman–Crippen LogP) is 17.1. The van der Waals surface area contributed by atoms with Gasteiger partial charge in [0.25, 0.3) is 0 Å². The zero-order valence-corrected chi connectivity index (χ0v) is 35.4. The number of anilines is 3. The smallest absolute Gasteiger partial charge is 0.143 e. The van der Waals surface area contributed by atoms with Crippen molar-refractivity contribution in [3.63, 3.8) is 0 Å². The summed E-state index contributed by atoms with van der Waals surface area (Å²) in [7, 11) is 0. The highest BCUT2D eigenvalue weighted by Gasteiger charge is 2.41. The second kappa shape index (κ2) is 15.3. The van der Waals surface area contributed by atoms with E-state index in [0.717, 1.165) is 55.7 Å². The summed E-state index contributed by atoms with van der Waals surface area (Å²) in [4.78, 5) is 2.45. The fraction of sp³-hybridized carbons (Fsp3) is 0.0323. The first-order valence-electron chi connectivity index (χ1n) is 22.1. The van der Waals surface area contributed by atoms with Gasteiger partial charge in [-0.1, -0.05) is 206 Å². The summed E-state index contributed by atoms with van der Waals surface area (Å²) in [6, 6.07) is 88.0. The lowest BCUT2D eigenvalue weighted by Crippen LogP contribution is -2.22. The molecule has 11 aromatic rings. The van der Waals surface area contributed by atoms with Crippen molar-refractivity contribution in [2.75, 3.05) is 4.90 Å². The maximum atomic E-state index is 6.51. The summed E-state index contributed by atoms with van der Waals surface area (Å²) in [6.07, 6.45) is 0. The molecular formula is C62H43NO. The van der Waals surface area contributed by atoms with Crippen LogP contribution in [-0.2, 0) is 5.41 Å². The van der Waals surface area contributed by atoms with Crippen LogP contribution in [0, 0.1) is 0 Å². The van der Waals surface area contributed by atoms with Crippen LogP contribution in [0.15, 0.2) is 247 Å². The largest absolute Gasteiger partial charge is 0.455 e. The SMILES string of the molecule is CC1(c2ccccc2)c2ccccc2-c2cc(N(c3ccc(-c4cccc5c4oc4ccccc45)cc3)c3ccccc3-c3ccccc3-c3ccccc3-c3ccccc3)ccc21. The molecule has 0 saturated carbocycles. The minimum atomic E-state index is -0.293. The van der Waals surface area contributed by atoms with Crippen molar-refractivity contribution in [3.05, 3.63) is 259 Å². The Hall–Kier alpha value is -8.20. The maximum Gasteiger partial charge on any atom is 0.143 e. The van der Waals surface area contributed by atoms with E-state index in [-0.39, 0.29) is 5.41 Å². The molecule has 10 aromatic carbocycles. The molecule has 64 heavy (non-hydrogen) atoms. The van der Waals surface area contributed by atoms with Crippen LogP contribution in [0.1, 0.15) is 23.6 Å². The van der Waals surface area contributed by atoms with Crippen molar-refractivity contribution in [2.45, 2.75) is 12.3 Å². The monoisotopic (exact) mass is 817 g/mol. The van der Waals surface area contributed by atoms with E-state index in [1.807, 2.05) is 12.1 Å². The molecule has 1 heterocycles. The third-order valence-electron chi connectivity index (χ3n) is 13.4. The summed E-state index contributed by atoms with van der Waals surface area (Å²) in [5.74, 6) is 0. The summed E-state index contributed by atoms with van der Waals surface area (Å²) >= 11 is 0. The van der Waals surface area contributed by atoms with Crippen molar-refractivity contribution in [1.82, 2.24) is 0 Å². The van der Waals surface area contributed by atoms with Gasteiger partial charge in [0.2, 0.25) is 0 Å². The van der Waals surface area contributed by atoms with Crippen molar-refractivity contribution in [3.8, 4) is 55.6 Å². The Bertz CT molecular complexity index is 3510. The van der Waals surface area contributed by atoms with E-state index >= 15 is 0 Å². The van der Waals surface area contributed by atoms with E-state index < -0.39 is 0 Å². The van der Waals surface area contributed by atoms with Crippen LogP contribution in [0.25, 0.3) is 77.6 Å². The summed E-state index contributed by atoms with van der Waals surface area (Å²) in [6.45, 7) is 2.38. The first kappa shape index (κ1) is 37.6. The van der Waals surface area contributed by atoms with Crippen molar-refractivity contribution < 1.29 is 4.42 Å². The quantitative estimate of drug-likeness (QED) is 0.152. The second-order valence-corrected chi connectivity index (χ2v) is 16.9. The highest BCUT2D eigenvalue weighted by molar-refractivity contribution is 6.09. The van der Waals surface area contributed by atoms with E-state index in [4.69, 9.17) is 4.42 Å². The van der Waals surface area contributed by atoms with Crippen LogP contribution >= 0.6 is 0 Å². The summed E-state index contributed by atoms with van der Waals surface area (Å²) in [5.41, 5.74) is 20.5. The van der Waals surface area contributed by atoms with Crippen LogP contribution in [0.3, 0.4) is 0 Å². The van der Waals surface area contributed by atoms with Gasteiger partial charge in [-0.05, 0) is 105 Å². The highest BCUT2D eigenvalue weighted by atomic mass is 16.3. The fourth-order valence-corrected chi connectivity index (χ4v) is 10.3. The maximum absolute atomic E-state index is 6.51. The van der Waals surface area contributed by atoms with Crippen LogP contribution in [-0.4, -0.2) is 0 Å². The molecule has 12 rings (SSSR count). The molecule has 302 valence electrons. The molecule has 2 heteroatoms. The summed E-state index contributed by atoms with van der Waals surface area (Å²) < 4.78 is 6.51. The van der Waals surface area contributed by atoms with Gasteiger partial charge in [0, 0.05) is 38.7 Å². The standard InChI is InChI=1S/C62H43NO/c1-62(44-21-6-3-7-22-44)57-32-15-12-27-52(57)56-41-46(39-40-58(56)62)63(45-37-35-43(36-38-45)48-30-18-31-55-54-29-14-17-34-60(54)64-61(48)55)59-33-16-13-28-53(59)51-26-11-10-25-50(51)49-24-9-8-23-47(49)42-19-4-2-5-20-42/h2-41H,1H3. The van der Waals surface area contributed by atoms with E-state index in [9.17, 15) is 0 Å². The summed E-state index contributed by atoms with van der Waals surface area (Å²) in [5, 5.41) is 2.26. The number of hydrogen-bond acceptors (Lipinski definition) is 2. The molecule has 2 nitrogen and oxygen atoms in total. The molecule has 1 aliphatic carbocycles. The van der Waals surface area contributed by atoms with Gasteiger partial charge in [0.15, 0.2) is 0 Å². The van der Waals surface area contributed by atoms with Gasteiger partial charge < -0.3 is 9.32 Å². The van der Waals surface area contributed by atoms with Crippen LogP contribution in [0.2, 0.25) is 0 Å². The Morgan fingerprint density at radius 2 is 0.859 bits per heavy atom. The fourth-order valence-electron chi connectivity index (χ4n) is 10.3. The average Bonchev–Trinajstić information content (AvgIpc) is 3.88. The minimum Gasteiger partial charge on any atom is -0.455 e. The number of hydrogen-bond donors (Lipinski definition) is 0. The molecule has 0 bridgehead atoms. The van der Waals surface area contributed by atoms with Gasteiger partial charge in [-0.3, -0.25) is 0 Å². The first-order chi connectivity index (χ1) is 31.6. The first-order valence-corrected chi connectivity index (χ1v) is 22.1. The zero-order chi connectivity index (χ0) is 42.6. The van der Waals surface area contributed by atoms with E-state index in [1.54, 1.807) is 0 Å². The topological polar surface area (TPSA) is 16.4 Å². The molecule has 0 fully saturated rings. The molecule has 0 aliphatic heterocycles. The lowest BCUT2D eigenvalue weighted by molar-refractivity contribution is 0.670. The molecule has 1 atom stereocenters. The van der Waals surface area contributed by atoms with Gasteiger partial charge >= 0.3 is 0 Å². The van der Waals surface area contributed by atoms with Crippen molar-refractivity contribution in [2.24, 2.45) is 0 Å². The Morgan fingerprint density at radius 1 is 0.344 bits per heavy atom. The zero-order valence-electron chi connectivity index (χ0n) is 35.4. The molecule has 1 aliphatic rings. The number of benzene rings is 10. The van der Waals surface area contributed by atoms with Crippen molar-refractivity contribution in [1.29, 1.82) is 0 Å². The van der Waals surface area contributed by atoms with E-state index in [2.05, 4.69) is 242 Å². The third-order valence-corrected chi connectivity index (χ3v) is 13.4. The van der Waals surface area contributed by atoms with Gasteiger partial charge in [-0.15, -0.1) is 0 Å². The van der Waals surface area contributed by atoms with Crippen LogP contribution in [0.5, 0.6) is 0 Å². The average molecular weight is 818 g/mol. The number of rotatable bonds is 8. The van der Waals surface area contributed by atoms with Gasteiger partial charge in [-0.2, -0.15) is 0 Å². The lowest BCUT2D eigenvalue weighted by atomic mass is 9.74. The lowest BCUT2D eigenvalue weighted by Gasteiger charge is -2.31. The normalized spacial score (nSPS) is 14.1. The molecule has 0 amide bonds. The molecule has 0 radical (unpaired) electrons. The molecule has 0 spiro atoms. The highest BCUT2D eigenvalue weighted by Crippen LogP contribution is 2.54. The van der Waals surface area contributed by atoms with Crippen molar-refractivity contribution >= 4 is 39.0 Å². The Morgan fingerprint density at radius 3 is 1.62 bits per heavy atom. The number of fused-ring (bicyclic) bond motifs is 6. The number of para-hydroxylation sites is 3. The molecule has 1 aromatic heterocycles. The third kappa shape index (κ3) is 6.02. The van der Waals surface area contributed by atoms with Crippen LogP contribution in [0.4, 0.5) is 17.1 Å². The second-order valence-electron chi connectivity index (χ2n) is 16.9. The molecule has 1 unspecified atom stereocenters.